The van der Waals surface area contributed by atoms with E-state index in [-0.39, 0.29) is 0 Å². The monoisotopic (exact) mass is 225 g/mol. The number of hydrogen-bond donors (Lipinski definition) is 1. The quantitative estimate of drug-likeness (QED) is 0.834. The van der Waals surface area contributed by atoms with Gasteiger partial charge >= 0.3 is 0 Å². The second-order valence-electron chi connectivity index (χ2n) is 3.54. The highest BCUT2D eigenvalue weighted by Crippen LogP contribution is 2.15. The first-order valence-corrected chi connectivity index (χ1v) is 6.63. The lowest BCUT2D eigenvalue weighted by molar-refractivity contribution is 0.589. The Morgan fingerprint density at radius 3 is 2.80 bits per heavy atom. The molecule has 0 radical (unpaired) electrons. The van der Waals surface area contributed by atoms with Crippen molar-refractivity contribution in [2.45, 2.75) is 32.6 Å². The van der Waals surface area contributed by atoms with Gasteiger partial charge < -0.3 is 5.32 Å². The van der Waals surface area contributed by atoms with Crippen LogP contribution in [-0.2, 0) is 5.75 Å². The van der Waals surface area contributed by atoms with Crippen LogP contribution in [0, 0.1) is 6.92 Å². The van der Waals surface area contributed by atoms with Crippen LogP contribution in [0.4, 0.5) is 0 Å². The van der Waals surface area contributed by atoms with Crippen molar-refractivity contribution in [3.63, 3.8) is 0 Å². The van der Waals surface area contributed by atoms with Gasteiger partial charge in [-0.25, -0.2) is 9.97 Å². The molecular weight excluding hydrogens is 206 g/mol. The second kappa shape index (κ2) is 6.08. The van der Waals surface area contributed by atoms with Crippen LogP contribution in [0.1, 0.15) is 37.0 Å². The maximum Gasteiger partial charge on any atom is 0.138 e. The van der Waals surface area contributed by atoms with Crippen LogP contribution < -0.4 is 5.32 Å². The van der Waals surface area contributed by atoms with E-state index in [1.54, 1.807) is 11.8 Å². The second-order valence-corrected chi connectivity index (χ2v) is 4.41. The normalized spacial score (nSPS) is 12.8. The standard InChI is InChI=1S/C11H19N3S/c1-5-12-8(2)10-6-13-11(7-15-4)14-9(10)3/h6,8,12H,5,7H2,1-4H3. The Hall–Kier alpha value is -0.610. The molecule has 84 valence electrons. The Morgan fingerprint density at radius 1 is 1.53 bits per heavy atom. The first-order chi connectivity index (χ1) is 7.19. The molecule has 1 atom stereocenters. The van der Waals surface area contributed by atoms with Gasteiger partial charge in [0.25, 0.3) is 0 Å². The Morgan fingerprint density at radius 2 is 2.27 bits per heavy atom. The van der Waals surface area contributed by atoms with Crippen LogP contribution in [0.5, 0.6) is 0 Å². The number of rotatable bonds is 5. The first kappa shape index (κ1) is 12.5. The largest absolute Gasteiger partial charge is 0.310 e. The lowest BCUT2D eigenvalue weighted by Gasteiger charge is -2.14. The molecule has 0 saturated carbocycles. The van der Waals surface area contributed by atoms with E-state index in [1.165, 1.54) is 5.56 Å². The van der Waals surface area contributed by atoms with E-state index in [0.29, 0.717) is 6.04 Å². The molecule has 0 aromatic carbocycles. The average Bonchev–Trinajstić information content (AvgIpc) is 2.18. The van der Waals surface area contributed by atoms with E-state index < -0.39 is 0 Å². The van der Waals surface area contributed by atoms with E-state index in [2.05, 4.69) is 42.3 Å². The van der Waals surface area contributed by atoms with Crippen molar-refractivity contribution >= 4 is 11.8 Å². The van der Waals surface area contributed by atoms with Gasteiger partial charge in [-0.3, -0.25) is 0 Å². The third-order valence-electron chi connectivity index (χ3n) is 2.32. The molecule has 0 spiro atoms. The van der Waals surface area contributed by atoms with Crippen LogP contribution in [0.2, 0.25) is 0 Å². The molecule has 1 heterocycles. The molecule has 1 aromatic rings. The Bertz CT molecular complexity index is 315. The zero-order valence-corrected chi connectivity index (χ0v) is 10.7. The average molecular weight is 225 g/mol. The van der Waals surface area contributed by atoms with Crippen LogP contribution >= 0.6 is 11.8 Å². The first-order valence-electron chi connectivity index (χ1n) is 5.23. The van der Waals surface area contributed by atoms with Crippen molar-refractivity contribution in [1.82, 2.24) is 15.3 Å². The van der Waals surface area contributed by atoms with Gasteiger partial charge in [0, 0.05) is 23.5 Å². The predicted molar refractivity (Wildman–Crippen MR) is 66.1 cm³/mol. The molecule has 1 N–H and O–H groups in total. The fourth-order valence-electron chi connectivity index (χ4n) is 1.56. The number of thioether (sulfide) groups is 1. The van der Waals surface area contributed by atoms with E-state index >= 15 is 0 Å². The molecular formula is C11H19N3S. The lowest BCUT2D eigenvalue weighted by Crippen LogP contribution is -2.19. The molecule has 0 aliphatic carbocycles. The molecule has 1 unspecified atom stereocenters. The Balaban J connectivity index is 2.82. The van der Waals surface area contributed by atoms with Crippen LogP contribution in [0.15, 0.2) is 6.20 Å². The SMILES string of the molecule is CCNC(C)c1cnc(CSC)nc1C. The summed E-state index contributed by atoms with van der Waals surface area (Å²) in [7, 11) is 0. The highest BCUT2D eigenvalue weighted by Gasteiger charge is 2.09. The molecule has 0 fully saturated rings. The fraction of sp³-hybridized carbons (Fsp3) is 0.636. The summed E-state index contributed by atoms with van der Waals surface area (Å²) in [5.41, 5.74) is 2.28. The van der Waals surface area contributed by atoms with E-state index in [9.17, 15) is 0 Å². The number of nitrogens with zero attached hydrogens (tertiary/aromatic N) is 2. The Kier molecular flexibility index (Phi) is 5.05. The third-order valence-corrected chi connectivity index (χ3v) is 2.86. The summed E-state index contributed by atoms with van der Waals surface area (Å²) in [4.78, 5) is 8.85. The molecule has 0 saturated heterocycles. The molecule has 15 heavy (non-hydrogen) atoms. The lowest BCUT2D eigenvalue weighted by atomic mass is 10.1. The minimum atomic E-state index is 0.332. The highest BCUT2D eigenvalue weighted by atomic mass is 32.2. The van der Waals surface area contributed by atoms with Crippen molar-refractivity contribution < 1.29 is 0 Å². The number of nitrogens with one attached hydrogen (secondary N) is 1. The van der Waals surface area contributed by atoms with E-state index in [4.69, 9.17) is 0 Å². The maximum absolute atomic E-state index is 4.49. The van der Waals surface area contributed by atoms with Gasteiger partial charge in [-0.05, 0) is 26.6 Å². The van der Waals surface area contributed by atoms with Crippen molar-refractivity contribution in [3.05, 3.63) is 23.3 Å². The number of aryl methyl sites for hydroxylation is 1. The molecule has 1 rings (SSSR count). The molecule has 0 bridgehead atoms. The topological polar surface area (TPSA) is 37.8 Å². The van der Waals surface area contributed by atoms with E-state index in [1.807, 2.05) is 6.20 Å². The molecule has 3 nitrogen and oxygen atoms in total. The predicted octanol–water partition coefficient (Wildman–Crippen LogP) is 2.32. The van der Waals surface area contributed by atoms with Gasteiger partial charge in [0.1, 0.15) is 5.82 Å². The summed E-state index contributed by atoms with van der Waals surface area (Å²) in [5.74, 6) is 1.81. The van der Waals surface area contributed by atoms with Gasteiger partial charge in [0.2, 0.25) is 0 Å². The zero-order valence-electron chi connectivity index (χ0n) is 9.87. The zero-order chi connectivity index (χ0) is 11.3. The van der Waals surface area contributed by atoms with Crippen molar-refractivity contribution in [2.24, 2.45) is 0 Å². The van der Waals surface area contributed by atoms with Crippen LogP contribution in [-0.4, -0.2) is 22.8 Å². The summed E-state index contributed by atoms with van der Waals surface area (Å²) in [5, 5.41) is 3.37. The smallest absolute Gasteiger partial charge is 0.138 e. The minimum Gasteiger partial charge on any atom is -0.310 e. The van der Waals surface area contributed by atoms with Crippen LogP contribution in [0.25, 0.3) is 0 Å². The maximum atomic E-state index is 4.49. The Labute approximate surface area is 96.1 Å². The molecule has 0 aliphatic heterocycles. The summed E-state index contributed by atoms with van der Waals surface area (Å²) in [6.07, 6.45) is 4.01. The summed E-state index contributed by atoms with van der Waals surface area (Å²) in [6, 6.07) is 0.332. The van der Waals surface area contributed by atoms with Gasteiger partial charge in [-0.15, -0.1) is 0 Å². The van der Waals surface area contributed by atoms with Crippen molar-refractivity contribution in [2.75, 3.05) is 12.8 Å². The number of aromatic nitrogens is 2. The summed E-state index contributed by atoms with van der Waals surface area (Å²) < 4.78 is 0. The van der Waals surface area contributed by atoms with Crippen molar-refractivity contribution in [1.29, 1.82) is 0 Å². The summed E-state index contributed by atoms with van der Waals surface area (Å²) >= 11 is 1.75. The van der Waals surface area contributed by atoms with Gasteiger partial charge in [0.05, 0.1) is 5.75 Å². The fourth-order valence-corrected chi connectivity index (χ4v) is 1.96. The third kappa shape index (κ3) is 3.47. The van der Waals surface area contributed by atoms with Gasteiger partial charge in [-0.1, -0.05) is 6.92 Å². The van der Waals surface area contributed by atoms with Crippen molar-refractivity contribution in [3.8, 4) is 0 Å². The summed E-state index contributed by atoms with van der Waals surface area (Å²) in [6.45, 7) is 7.26. The molecule has 0 aliphatic rings. The number of hydrogen-bond acceptors (Lipinski definition) is 4. The molecule has 0 amide bonds. The minimum absolute atomic E-state index is 0.332. The highest BCUT2D eigenvalue weighted by molar-refractivity contribution is 7.97. The van der Waals surface area contributed by atoms with E-state index in [0.717, 1.165) is 23.8 Å². The molecule has 4 heteroatoms. The van der Waals surface area contributed by atoms with Gasteiger partial charge in [0.15, 0.2) is 0 Å². The molecule has 1 aromatic heterocycles. The van der Waals surface area contributed by atoms with Crippen LogP contribution in [0.3, 0.4) is 0 Å². The van der Waals surface area contributed by atoms with Gasteiger partial charge in [-0.2, -0.15) is 11.8 Å².